The minimum atomic E-state index is -0.391. The molecule has 0 aliphatic carbocycles. The van der Waals surface area contributed by atoms with Gasteiger partial charge >= 0.3 is 0 Å². The summed E-state index contributed by atoms with van der Waals surface area (Å²) in [5.41, 5.74) is 7.42. The fourth-order valence-electron chi connectivity index (χ4n) is 3.67. The van der Waals surface area contributed by atoms with E-state index in [-0.39, 0.29) is 22.4 Å². The van der Waals surface area contributed by atoms with Gasteiger partial charge < -0.3 is 31.3 Å². The van der Waals surface area contributed by atoms with Gasteiger partial charge in [-0.2, -0.15) is 5.10 Å². The third-order valence-corrected chi connectivity index (χ3v) is 4.96. The summed E-state index contributed by atoms with van der Waals surface area (Å²) in [5.74, 6) is -0.308. The quantitative estimate of drug-likeness (QED) is 0.219. The number of anilines is 1. The van der Waals surface area contributed by atoms with Gasteiger partial charge in [0.05, 0.1) is 28.6 Å². The topological polar surface area (TPSA) is 134 Å². The molecule has 0 aliphatic rings. The second-order valence-corrected chi connectivity index (χ2v) is 6.78. The number of nitrogens with zero attached hydrogens (tertiary/aromatic N) is 2. The number of phenolic OH excluding ortho intramolecular Hbond substituents is 1. The molecule has 0 spiro atoms. The number of aromatic hydroxyl groups is 2. The number of benzene rings is 2. The van der Waals surface area contributed by atoms with E-state index in [0.717, 1.165) is 11.1 Å². The summed E-state index contributed by atoms with van der Waals surface area (Å²) in [4.78, 5) is 12.5. The van der Waals surface area contributed by atoms with Crippen molar-refractivity contribution in [3.05, 3.63) is 40.2 Å². The maximum Gasteiger partial charge on any atom is 0.192 e. The lowest BCUT2D eigenvalue weighted by Gasteiger charge is -2.13. The average molecular weight is 397 g/mol. The molecule has 6 N–H and O–H groups in total. The van der Waals surface area contributed by atoms with E-state index in [9.17, 15) is 15.0 Å². The van der Waals surface area contributed by atoms with Gasteiger partial charge in [-0.25, -0.2) is 4.52 Å². The van der Waals surface area contributed by atoms with Gasteiger partial charge in [-0.15, -0.1) is 0 Å². The summed E-state index contributed by atoms with van der Waals surface area (Å²) in [7, 11) is 1.63. The summed E-state index contributed by atoms with van der Waals surface area (Å²) in [5, 5.41) is 33.9. The van der Waals surface area contributed by atoms with Gasteiger partial charge in [0.15, 0.2) is 5.43 Å². The van der Waals surface area contributed by atoms with Crippen molar-refractivity contribution in [1.82, 2.24) is 14.9 Å². The van der Waals surface area contributed by atoms with E-state index < -0.39 is 5.43 Å². The van der Waals surface area contributed by atoms with Crippen LogP contribution in [0.4, 0.5) is 5.69 Å². The van der Waals surface area contributed by atoms with Gasteiger partial charge in [0.25, 0.3) is 0 Å². The van der Waals surface area contributed by atoms with Crippen LogP contribution in [-0.4, -0.2) is 53.2 Å². The molecule has 2 heterocycles. The smallest absolute Gasteiger partial charge is 0.192 e. The van der Waals surface area contributed by atoms with Crippen LogP contribution in [0, 0.1) is 0 Å². The number of rotatable bonds is 8. The number of aromatic nitrogens is 2. The molecule has 29 heavy (non-hydrogen) atoms. The van der Waals surface area contributed by atoms with Gasteiger partial charge in [-0.05, 0) is 24.3 Å². The zero-order valence-electron chi connectivity index (χ0n) is 16.0. The molecular weight excluding hydrogens is 374 g/mol. The van der Waals surface area contributed by atoms with Crippen LogP contribution in [0.2, 0.25) is 0 Å². The maximum atomic E-state index is 12.5. The Morgan fingerprint density at radius 1 is 1.14 bits per heavy atom. The van der Waals surface area contributed by atoms with Crippen molar-refractivity contribution in [1.29, 1.82) is 0 Å². The van der Waals surface area contributed by atoms with Crippen molar-refractivity contribution in [2.75, 3.05) is 38.7 Å². The first-order valence-corrected chi connectivity index (χ1v) is 9.36. The van der Waals surface area contributed by atoms with Gasteiger partial charge in [0.1, 0.15) is 17.0 Å². The fourth-order valence-corrected chi connectivity index (χ4v) is 3.67. The van der Waals surface area contributed by atoms with Gasteiger partial charge in [-0.1, -0.05) is 0 Å². The molecule has 0 fully saturated rings. The second kappa shape index (κ2) is 7.70. The van der Waals surface area contributed by atoms with E-state index in [1.807, 2.05) is 12.1 Å². The molecule has 4 rings (SSSR count). The van der Waals surface area contributed by atoms with E-state index in [4.69, 9.17) is 10.5 Å². The molecule has 0 radical (unpaired) electrons. The maximum absolute atomic E-state index is 12.5. The first-order chi connectivity index (χ1) is 14.1. The summed E-state index contributed by atoms with van der Waals surface area (Å²) in [6.07, 6.45) is 0. The Hall–Kier alpha value is -3.14. The largest absolute Gasteiger partial charge is 0.506 e. The molecule has 0 aliphatic heterocycles. The molecule has 152 valence electrons. The Morgan fingerprint density at radius 3 is 2.72 bits per heavy atom. The zero-order chi connectivity index (χ0) is 20.5. The molecular formula is C20H23N5O4. The van der Waals surface area contributed by atoms with E-state index in [1.54, 1.807) is 7.11 Å². The highest BCUT2D eigenvalue weighted by atomic mass is 16.5. The Kier molecular flexibility index (Phi) is 5.10. The van der Waals surface area contributed by atoms with Crippen molar-refractivity contribution in [3.8, 4) is 11.5 Å². The van der Waals surface area contributed by atoms with Crippen molar-refractivity contribution < 1.29 is 14.9 Å². The van der Waals surface area contributed by atoms with Crippen LogP contribution in [0.25, 0.3) is 27.2 Å². The Bertz CT molecular complexity index is 1240. The summed E-state index contributed by atoms with van der Waals surface area (Å²) in [6.45, 7) is 2.60. The average Bonchev–Trinajstić information content (AvgIpc) is 3.08. The second-order valence-electron chi connectivity index (χ2n) is 6.78. The number of nitrogens with one attached hydrogen (secondary N) is 2. The van der Waals surface area contributed by atoms with Crippen molar-refractivity contribution in [2.45, 2.75) is 6.54 Å². The molecule has 9 heteroatoms. The molecule has 0 amide bonds. The van der Waals surface area contributed by atoms with Crippen molar-refractivity contribution in [2.24, 2.45) is 5.73 Å². The van der Waals surface area contributed by atoms with E-state index in [1.165, 1.54) is 16.6 Å². The summed E-state index contributed by atoms with van der Waals surface area (Å²) in [6, 6.07) is 6.30. The van der Waals surface area contributed by atoms with Crippen LogP contribution >= 0.6 is 0 Å². The van der Waals surface area contributed by atoms with Gasteiger partial charge in [0.2, 0.25) is 0 Å². The minimum Gasteiger partial charge on any atom is -0.506 e. The molecule has 0 saturated heterocycles. The number of nitrogens with two attached hydrogens (primary N) is 1. The normalized spacial score (nSPS) is 11.8. The van der Waals surface area contributed by atoms with E-state index >= 15 is 0 Å². The number of methoxy groups -OCH3 is 1. The molecule has 4 aromatic rings. The third-order valence-electron chi connectivity index (χ3n) is 4.96. The predicted molar refractivity (Wildman–Crippen MR) is 112 cm³/mol. The van der Waals surface area contributed by atoms with Crippen LogP contribution in [0.1, 0.15) is 5.69 Å². The van der Waals surface area contributed by atoms with Crippen LogP contribution in [0.5, 0.6) is 11.5 Å². The van der Waals surface area contributed by atoms with Crippen LogP contribution in [-0.2, 0) is 11.3 Å². The molecule has 0 atom stereocenters. The van der Waals surface area contributed by atoms with Crippen LogP contribution in [0.3, 0.4) is 0 Å². The Balaban J connectivity index is 2.04. The molecule has 0 saturated carbocycles. The Morgan fingerprint density at radius 2 is 1.97 bits per heavy atom. The number of ether oxygens (including phenoxy) is 1. The SMILES string of the molecule is COCCNCc1nn2c3c(O)ccc(=O)c3c(O)c3c(NCCN)ccc1c32. The van der Waals surface area contributed by atoms with E-state index in [0.29, 0.717) is 49.4 Å². The highest BCUT2D eigenvalue weighted by molar-refractivity contribution is 6.14. The Labute approximate surface area is 166 Å². The van der Waals surface area contributed by atoms with E-state index in [2.05, 4.69) is 15.7 Å². The minimum absolute atomic E-state index is 0.0304. The number of phenols is 1. The monoisotopic (exact) mass is 397 g/mol. The number of pyridine rings is 1. The zero-order valence-corrected chi connectivity index (χ0v) is 16.0. The van der Waals surface area contributed by atoms with Crippen LogP contribution in [0.15, 0.2) is 29.1 Å². The molecule has 9 nitrogen and oxygen atoms in total. The predicted octanol–water partition coefficient (Wildman–Crippen LogP) is 0.957. The number of fused-ring (bicyclic) bond motifs is 2. The molecule has 2 aromatic carbocycles. The van der Waals surface area contributed by atoms with Crippen molar-refractivity contribution in [3.63, 3.8) is 0 Å². The van der Waals surface area contributed by atoms with Crippen LogP contribution < -0.4 is 21.8 Å². The van der Waals surface area contributed by atoms with Gasteiger partial charge in [0, 0.05) is 44.4 Å². The first kappa shape index (κ1) is 19.2. The third kappa shape index (κ3) is 3.09. The summed E-state index contributed by atoms with van der Waals surface area (Å²) < 4.78 is 6.59. The highest BCUT2D eigenvalue weighted by Gasteiger charge is 2.23. The lowest BCUT2D eigenvalue weighted by Crippen LogP contribution is -2.18. The van der Waals surface area contributed by atoms with Crippen molar-refractivity contribution >= 4 is 32.9 Å². The molecule has 2 aromatic heterocycles. The lowest BCUT2D eigenvalue weighted by atomic mass is 10.0. The molecule has 0 bridgehead atoms. The first-order valence-electron chi connectivity index (χ1n) is 9.36. The fraction of sp³-hybridized carbons (Fsp3) is 0.300. The number of hydrogen-bond acceptors (Lipinski definition) is 8. The molecule has 0 unspecified atom stereocenters. The standard InChI is InChI=1S/C20H23N5O4/c1-29-9-8-22-10-13-11-2-3-12(23-7-6-21)16-18(11)25(24-13)19-15(27)5-4-14(26)17(19)20(16)28/h2-5,22-23,27-28H,6-10,21H2,1H3. The van der Waals surface area contributed by atoms with Gasteiger partial charge in [-0.3, -0.25) is 4.79 Å². The summed E-state index contributed by atoms with van der Waals surface area (Å²) >= 11 is 0. The highest BCUT2D eigenvalue weighted by Crippen LogP contribution is 2.41. The lowest BCUT2D eigenvalue weighted by molar-refractivity contribution is 0.199. The number of hydrogen-bond donors (Lipinski definition) is 5.